The van der Waals surface area contributed by atoms with E-state index in [1.165, 1.54) is 0 Å². The summed E-state index contributed by atoms with van der Waals surface area (Å²) in [6, 6.07) is 16.5. The number of benzene rings is 2. The second-order valence-corrected chi connectivity index (χ2v) is 6.97. The van der Waals surface area contributed by atoms with Gasteiger partial charge < -0.3 is 9.73 Å². The number of anilines is 2. The minimum atomic E-state index is 0.484. The molecule has 23 heavy (non-hydrogen) atoms. The van der Waals surface area contributed by atoms with Crippen LogP contribution < -0.4 is 5.32 Å². The topological polar surface area (TPSA) is 51.0 Å². The molecule has 1 N–H and O–H groups in total. The van der Waals surface area contributed by atoms with Gasteiger partial charge in [-0.15, -0.1) is 11.3 Å². The van der Waals surface area contributed by atoms with E-state index in [0.717, 1.165) is 31.6 Å². The number of rotatable bonds is 4. The Bertz CT molecular complexity index is 947. The van der Waals surface area contributed by atoms with E-state index in [1.807, 2.05) is 48.7 Å². The first-order chi connectivity index (χ1) is 11.3. The highest BCUT2D eigenvalue weighted by molar-refractivity contribution is 8.00. The molecule has 0 bridgehead atoms. The van der Waals surface area contributed by atoms with Gasteiger partial charge in [-0.05, 0) is 24.5 Å². The fraction of sp³-hybridized carbons (Fsp3) is 0.0588. The molecule has 0 radical (unpaired) electrons. The quantitative estimate of drug-likeness (QED) is 0.503. The predicted octanol–water partition coefficient (Wildman–Crippen LogP) is 5.42. The van der Waals surface area contributed by atoms with Gasteiger partial charge in [0, 0.05) is 11.3 Å². The molecule has 0 aliphatic carbocycles. The van der Waals surface area contributed by atoms with Gasteiger partial charge in [0.25, 0.3) is 6.01 Å². The molecule has 4 rings (SSSR count). The van der Waals surface area contributed by atoms with Gasteiger partial charge in [0.2, 0.25) is 0 Å². The number of fused-ring (bicyclic) bond motifs is 1. The van der Waals surface area contributed by atoms with Crippen LogP contribution in [-0.2, 0) is 0 Å². The van der Waals surface area contributed by atoms with Gasteiger partial charge >= 0.3 is 0 Å². The van der Waals surface area contributed by atoms with Crippen LogP contribution in [0.25, 0.3) is 21.5 Å². The second-order valence-electron chi connectivity index (χ2n) is 4.89. The third-order valence-electron chi connectivity index (χ3n) is 3.36. The molecule has 0 fully saturated rings. The van der Waals surface area contributed by atoms with Crippen molar-refractivity contribution >= 4 is 45.0 Å². The molecule has 0 saturated carbocycles. The number of hydrogen-bond acceptors (Lipinski definition) is 6. The lowest BCUT2D eigenvalue weighted by atomic mass is 10.2. The minimum absolute atomic E-state index is 0.484. The Labute approximate surface area is 141 Å². The van der Waals surface area contributed by atoms with Crippen molar-refractivity contribution in [2.24, 2.45) is 0 Å². The van der Waals surface area contributed by atoms with Crippen molar-refractivity contribution in [2.45, 2.75) is 4.34 Å². The zero-order valence-corrected chi connectivity index (χ0v) is 13.9. The SMILES string of the molecule is CSc1nc2ccc(Nc3ncc(-c4ccccc4)o3)cc2s1. The lowest BCUT2D eigenvalue weighted by molar-refractivity contribution is 0.592. The van der Waals surface area contributed by atoms with E-state index in [4.69, 9.17) is 4.42 Å². The van der Waals surface area contributed by atoms with E-state index in [-0.39, 0.29) is 0 Å². The highest BCUT2D eigenvalue weighted by Gasteiger charge is 2.08. The van der Waals surface area contributed by atoms with E-state index in [9.17, 15) is 0 Å². The zero-order chi connectivity index (χ0) is 15.6. The molecule has 2 aromatic carbocycles. The van der Waals surface area contributed by atoms with E-state index < -0.39 is 0 Å². The van der Waals surface area contributed by atoms with Crippen LogP contribution in [-0.4, -0.2) is 16.2 Å². The van der Waals surface area contributed by atoms with Crippen molar-refractivity contribution in [3.8, 4) is 11.3 Å². The normalized spacial score (nSPS) is 11.0. The Balaban J connectivity index is 1.59. The van der Waals surface area contributed by atoms with E-state index >= 15 is 0 Å². The summed E-state index contributed by atoms with van der Waals surface area (Å²) >= 11 is 3.35. The van der Waals surface area contributed by atoms with Crippen molar-refractivity contribution < 1.29 is 4.42 Å². The maximum atomic E-state index is 5.77. The number of nitrogens with one attached hydrogen (secondary N) is 1. The summed E-state index contributed by atoms with van der Waals surface area (Å²) in [7, 11) is 0. The van der Waals surface area contributed by atoms with Crippen LogP contribution in [0.2, 0.25) is 0 Å². The molecule has 0 aliphatic rings. The first-order valence-electron chi connectivity index (χ1n) is 7.05. The van der Waals surface area contributed by atoms with Gasteiger partial charge in [-0.1, -0.05) is 42.1 Å². The summed E-state index contributed by atoms with van der Waals surface area (Å²) in [5, 5.41) is 3.21. The van der Waals surface area contributed by atoms with Crippen LogP contribution in [0.3, 0.4) is 0 Å². The maximum Gasteiger partial charge on any atom is 0.299 e. The van der Waals surface area contributed by atoms with Gasteiger partial charge in [0.15, 0.2) is 10.1 Å². The van der Waals surface area contributed by atoms with E-state index in [1.54, 1.807) is 29.3 Å². The maximum absolute atomic E-state index is 5.77. The molecule has 0 amide bonds. The first-order valence-corrected chi connectivity index (χ1v) is 9.09. The molecule has 0 atom stereocenters. The fourth-order valence-electron chi connectivity index (χ4n) is 2.26. The van der Waals surface area contributed by atoms with E-state index in [0.29, 0.717) is 6.01 Å². The molecule has 2 heterocycles. The van der Waals surface area contributed by atoms with Crippen LogP contribution >= 0.6 is 23.1 Å². The second kappa shape index (κ2) is 6.06. The van der Waals surface area contributed by atoms with Gasteiger partial charge in [-0.2, -0.15) is 0 Å². The Morgan fingerprint density at radius 1 is 1.13 bits per heavy atom. The van der Waals surface area contributed by atoms with Crippen LogP contribution in [0, 0.1) is 0 Å². The highest BCUT2D eigenvalue weighted by atomic mass is 32.2. The monoisotopic (exact) mass is 339 g/mol. The molecule has 6 heteroatoms. The molecule has 0 spiro atoms. The van der Waals surface area contributed by atoms with Crippen molar-refractivity contribution in [1.29, 1.82) is 0 Å². The van der Waals surface area contributed by atoms with Crippen LogP contribution in [0.1, 0.15) is 0 Å². The van der Waals surface area contributed by atoms with Gasteiger partial charge in [-0.3, -0.25) is 0 Å². The average Bonchev–Trinajstić information content (AvgIpc) is 3.22. The largest absolute Gasteiger partial charge is 0.423 e. The Morgan fingerprint density at radius 2 is 2.00 bits per heavy atom. The van der Waals surface area contributed by atoms with Crippen LogP contribution in [0.4, 0.5) is 11.7 Å². The molecular formula is C17H13N3OS2. The van der Waals surface area contributed by atoms with Crippen LogP contribution in [0.5, 0.6) is 0 Å². The molecule has 114 valence electrons. The van der Waals surface area contributed by atoms with Crippen molar-refractivity contribution in [3.63, 3.8) is 0 Å². The van der Waals surface area contributed by atoms with Crippen LogP contribution in [0.15, 0.2) is 63.5 Å². The molecule has 0 saturated heterocycles. The molecule has 4 nitrogen and oxygen atoms in total. The predicted molar refractivity (Wildman–Crippen MR) is 96.6 cm³/mol. The average molecular weight is 339 g/mol. The molecular weight excluding hydrogens is 326 g/mol. The minimum Gasteiger partial charge on any atom is -0.423 e. The van der Waals surface area contributed by atoms with Crippen molar-refractivity contribution in [2.75, 3.05) is 11.6 Å². The summed E-state index contributed by atoms with van der Waals surface area (Å²) in [5.41, 5.74) is 2.97. The summed E-state index contributed by atoms with van der Waals surface area (Å²) < 4.78 is 7.99. The van der Waals surface area contributed by atoms with E-state index in [2.05, 4.69) is 21.4 Å². The molecule has 0 unspecified atom stereocenters. The first kappa shape index (κ1) is 14.3. The van der Waals surface area contributed by atoms with Gasteiger partial charge in [-0.25, -0.2) is 9.97 Å². The summed E-state index contributed by atoms with van der Waals surface area (Å²) in [6.07, 6.45) is 3.77. The number of aromatic nitrogens is 2. The lowest BCUT2D eigenvalue weighted by Crippen LogP contribution is -1.89. The van der Waals surface area contributed by atoms with Crippen molar-refractivity contribution in [1.82, 2.24) is 9.97 Å². The Morgan fingerprint density at radius 3 is 2.83 bits per heavy atom. The summed E-state index contributed by atoms with van der Waals surface area (Å²) in [4.78, 5) is 8.83. The Kier molecular flexibility index (Phi) is 3.77. The number of hydrogen-bond donors (Lipinski definition) is 1. The highest BCUT2D eigenvalue weighted by Crippen LogP contribution is 2.31. The molecule has 0 aliphatic heterocycles. The third kappa shape index (κ3) is 2.95. The van der Waals surface area contributed by atoms with Gasteiger partial charge in [0.05, 0.1) is 16.4 Å². The number of oxazole rings is 1. The molecule has 4 aromatic rings. The number of nitrogens with zero attached hydrogens (tertiary/aromatic N) is 2. The third-order valence-corrected chi connectivity index (χ3v) is 5.36. The van der Waals surface area contributed by atoms with Gasteiger partial charge in [0.1, 0.15) is 0 Å². The number of thiazole rings is 1. The number of thioether (sulfide) groups is 1. The Hall–Kier alpha value is -2.31. The zero-order valence-electron chi connectivity index (χ0n) is 12.3. The lowest BCUT2D eigenvalue weighted by Gasteiger charge is -2.01. The smallest absolute Gasteiger partial charge is 0.299 e. The molecule has 2 aromatic heterocycles. The summed E-state index contributed by atoms with van der Waals surface area (Å²) in [6.45, 7) is 0. The summed E-state index contributed by atoms with van der Waals surface area (Å²) in [5.74, 6) is 0.747. The van der Waals surface area contributed by atoms with Crippen molar-refractivity contribution in [3.05, 3.63) is 54.7 Å². The standard InChI is InChI=1S/C17H13N3OS2/c1-22-17-20-13-8-7-12(9-15(13)23-17)19-16-18-10-14(21-16)11-5-3-2-4-6-11/h2-10H,1H3,(H,18,19). The fourth-order valence-corrected chi connectivity index (χ4v) is 3.79.